The lowest BCUT2D eigenvalue weighted by Gasteiger charge is -2.31. The average Bonchev–Trinajstić information content (AvgIpc) is 2.94. The molecule has 0 aromatic heterocycles. The third kappa shape index (κ3) is 4.11. The topological polar surface area (TPSA) is 33.7 Å². The Labute approximate surface area is 128 Å². The number of nitrogens with zero attached hydrogens (tertiary/aromatic N) is 1. The highest BCUT2D eigenvalue weighted by Gasteiger charge is 2.20. The van der Waals surface area contributed by atoms with Crippen molar-refractivity contribution in [2.24, 2.45) is 5.92 Å². The van der Waals surface area contributed by atoms with Gasteiger partial charge < -0.3 is 19.7 Å². The maximum Gasteiger partial charge on any atom is 0.231 e. The van der Waals surface area contributed by atoms with Crippen LogP contribution in [-0.4, -0.2) is 38.4 Å². The van der Waals surface area contributed by atoms with Gasteiger partial charge in [-0.3, -0.25) is 0 Å². The smallest absolute Gasteiger partial charge is 0.231 e. The number of nitrogens with one attached hydrogen (secondary N) is 1. The third-order valence-corrected chi connectivity index (χ3v) is 4.38. The molecule has 1 heterocycles. The van der Waals surface area contributed by atoms with Crippen molar-refractivity contribution >= 4 is 0 Å². The number of fused-ring (bicyclic) bond motifs is 1. The van der Waals surface area contributed by atoms with Gasteiger partial charge in [-0.1, -0.05) is 32.8 Å². The molecule has 0 fully saturated rings. The first-order chi connectivity index (χ1) is 10.2. The molecule has 0 saturated carbocycles. The standard InChI is InChI=1S/C17H28N2O2/c1-5-14(6-2)15(19(3)4)11-18-10-13-7-8-16-17(9-13)21-12-20-16/h7-9,14-15,18H,5-6,10-12H2,1-4H3. The summed E-state index contributed by atoms with van der Waals surface area (Å²) in [6.07, 6.45) is 2.45. The molecule has 1 atom stereocenters. The van der Waals surface area contributed by atoms with Gasteiger partial charge in [-0.15, -0.1) is 0 Å². The van der Waals surface area contributed by atoms with Crippen LogP contribution >= 0.6 is 0 Å². The van der Waals surface area contributed by atoms with Gasteiger partial charge in [0.05, 0.1) is 0 Å². The first-order valence-corrected chi connectivity index (χ1v) is 7.91. The zero-order valence-electron chi connectivity index (χ0n) is 13.7. The zero-order chi connectivity index (χ0) is 15.2. The molecular weight excluding hydrogens is 264 g/mol. The van der Waals surface area contributed by atoms with Gasteiger partial charge in [-0.2, -0.15) is 0 Å². The highest BCUT2D eigenvalue weighted by atomic mass is 16.7. The molecule has 1 N–H and O–H groups in total. The van der Waals surface area contributed by atoms with Crippen LogP contribution in [0.5, 0.6) is 11.5 Å². The van der Waals surface area contributed by atoms with E-state index in [1.54, 1.807) is 0 Å². The summed E-state index contributed by atoms with van der Waals surface area (Å²) in [7, 11) is 4.34. The van der Waals surface area contributed by atoms with E-state index in [0.29, 0.717) is 12.8 Å². The Morgan fingerprint density at radius 2 is 1.86 bits per heavy atom. The number of benzene rings is 1. The van der Waals surface area contributed by atoms with Gasteiger partial charge in [0.2, 0.25) is 6.79 Å². The van der Waals surface area contributed by atoms with Crippen LogP contribution in [-0.2, 0) is 6.54 Å². The Balaban J connectivity index is 1.87. The van der Waals surface area contributed by atoms with Gasteiger partial charge in [0, 0.05) is 19.1 Å². The fourth-order valence-electron chi connectivity index (χ4n) is 3.02. The maximum absolute atomic E-state index is 5.42. The zero-order valence-corrected chi connectivity index (χ0v) is 13.7. The van der Waals surface area contributed by atoms with Gasteiger partial charge in [0.1, 0.15) is 0 Å². The minimum absolute atomic E-state index is 0.337. The van der Waals surface area contributed by atoms with Crippen LogP contribution in [0.1, 0.15) is 32.3 Å². The van der Waals surface area contributed by atoms with Crippen LogP contribution in [0.3, 0.4) is 0 Å². The summed E-state index contributed by atoms with van der Waals surface area (Å²) in [6, 6.07) is 6.73. The van der Waals surface area contributed by atoms with Crippen LogP contribution in [0.4, 0.5) is 0 Å². The summed E-state index contributed by atoms with van der Waals surface area (Å²) >= 11 is 0. The van der Waals surface area contributed by atoms with Gasteiger partial charge >= 0.3 is 0 Å². The summed E-state index contributed by atoms with van der Waals surface area (Å²) in [5.74, 6) is 2.45. The van der Waals surface area contributed by atoms with Crippen molar-refractivity contribution in [3.8, 4) is 11.5 Å². The van der Waals surface area contributed by atoms with Crippen molar-refractivity contribution in [3.63, 3.8) is 0 Å². The molecule has 4 nitrogen and oxygen atoms in total. The number of likely N-dealkylation sites (N-methyl/N-ethyl adjacent to an activating group) is 1. The van der Waals surface area contributed by atoms with Crippen LogP contribution in [0, 0.1) is 5.92 Å². The van der Waals surface area contributed by atoms with E-state index in [-0.39, 0.29) is 0 Å². The second-order valence-electron chi connectivity index (χ2n) is 5.93. The minimum atomic E-state index is 0.337. The van der Waals surface area contributed by atoms with Crippen molar-refractivity contribution in [1.29, 1.82) is 0 Å². The number of hydrogen-bond acceptors (Lipinski definition) is 4. The second kappa shape index (κ2) is 7.66. The van der Waals surface area contributed by atoms with E-state index in [2.05, 4.69) is 50.3 Å². The molecule has 1 aromatic carbocycles. The summed E-state index contributed by atoms with van der Waals surface area (Å²) in [5.41, 5.74) is 1.24. The number of rotatable bonds is 8. The Bertz CT molecular complexity index is 444. The van der Waals surface area contributed by atoms with Gasteiger partial charge in [-0.25, -0.2) is 0 Å². The lowest BCUT2D eigenvalue weighted by molar-refractivity contribution is 0.174. The molecule has 0 bridgehead atoms. The monoisotopic (exact) mass is 292 g/mol. The normalized spacial score (nSPS) is 15.0. The Kier molecular flexibility index (Phi) is 5.88. The van der Waals surface area contributed by atoms with Crippen molar-refractivity contribution in [2.45, 2.75) is 39.3 Å². The molecule has 21 heavy (non-hydrogen) atoms. The third-order valence-electron chi connectivity index (χ3n) is 4.38. The van der Waals surface area contributed by atoms with Gasteiger partial charge in [0.15, 0.2) is 11.5 Å². The molecule has 1 aliphatic rings. The molecule has 0 saturated heterocycles. The maximum atomic E-state index is 5.42. The molecular formula is C17H28N2O2. The van der Waals surface area contributed by atoms with E-state index in [4.69, 9.17) is 9.47 Å². The van der Waals surface area contributed by atoms with E-state index in [0.717, 1.165) is 30.5 Å². The van der Waals surface area contributed by atoms with Crippen molar-refractivity contribution in [3.05, 3.63) is 23.8 Å². The molecule has 118 valence electrons. The fraction of sp³-hybridized carbons (Fsp3) is 0.647. The van der Waals surface area contributed by atoms with Crippen molar-refractivity contribution < 1.29 is 9.47 Å². The molecule has 2 rings (SSSR count). The number of ether oxygens (including phenoxy) is 2. The largest absolute Gasteiger partial charge is 0.454 e. The van der Waals surface area contributed by atoms with E-state index in [9.17, 15) is 0 Å². The lowest BCUT2D eigenvalue weighted by Crippen LogP contribution is -2.42. The van der Waals surface area contributed by atoms with E-state index >= 15 is 0 Å². The molecule has 1 aliphatic heterocycles. The van der Waals surface area contributed by atoms with E-state index in [1.807, 2.05) is 6.07 Å². The molecule has 1 aromatic rings. The van der Waals surface area contributed by atoms with Crippen LogP contribution in [0.2, 0.25) is 0 Å². The molecule has 4 heteroatoms. The summed E-state index contributed by atoms with van der Waals surface area (Å²) in [5, 5.41) is 3.59. The Morgan fingerprint density at radius 1 is 1.14 bits per heavy atom. The highest BCUT2D eigenvalue weighted by molar-refractivity contribution is 5.44. The van der Waals surface area contributed by atoms with Crippen LogP contribution < -0.4 is 14.8 Å². The minimum Gasteiger partial charge on any atom is -0.454 e. The average molecular weight is 292 g/mol. The summed E-state index contributed by atoms with van der Waals surface area (Å²) in [4.78, 5) is 2.34. The first-order valence-electron chi connectivity index (χ1n) is 7.91. The number of hydrogen-bond donors (Lipinski definition) is 1. The van der Waals surface area contributed by atoms with Crippen LogP contribution in [0.25, 0.3) is 0 Å². The summed E-state index contributed by atoms with van der Waals surface area (Å²) < 4.78 is 10.8. The van der Waals surface area contributed by atoms with E-state index < -0.39 is 0 Å². The Morgan fingerprint density at radius 3 is 2.52 bits per heavy atom. The van der Waals surface area contributed by atoms with Gasteiger partial charge in [-0.05, 0) is 37.7 Å². The summed E-state index contributed by atoms with van der Waals surface area (Å²) in [6.45, 7) is 6.77. The molecule has 0 radical (unpaired) electrons. The second-order valence-corrected chi connectivity index (χ2v) is 5.93. The molecule has 0 spiro atoms. The quantitative estimate of drug-likeness (QED) is 0.799. The van der Waals surface area contributed by atoms with Gasteiger partial charge in [0.25, 0.3) is 0 Å². The highest BCUT2D eigenvalue weighted by Crippen LogP contribution is 2.32. The lowest BCUT2D eigenvalue weighted by atomic mass is 9.93. The van der Waals surface area contributed by atoms with Crippen molar-refractivity contribution in [2.75, 3.05) is 27.4 Å². The SMILES string of the molecule is CCC(CC)C(CNCc1ccc2c(c1)OCO2)N(C)C. The molecule has 0 aliphatic carbocycles. The Hall–Kier alpha value is -1.26. The fourth-order valence-corrected chi connectivity index (χ4v) is 3.02. The van der Waals surface area contributed by atoms with E-state index in [1.165, 1.54) is 18.4 Å². The predicted molar refractivity (Wildman–Crippen MR) is 85.8 cm³/mol. The first kappa shape index (κ1) is 16.1. The van der Waals surface area contributed by atoms with Crippen molar-refractivity contribution in [1.82, 2.24) is 10.2 Å². The van der Waals surface area contributed by atoms with Crippen LogP contribution in [0.15, 0.2) is 18.2 Å². The predicted octanol–water partition coefficient (Wildman–Crippen LogP) is 2.87. The molecule has 1 unspecified atom stereocenters. The molecule has 0 amide bonds.